The van der Waals surface area contributed by atoms with Crippen LogP contribution in [-0.2, 0) is 18.6 Å². The van der Waals surface area contributed by atoms with Gasteiger partial charge in [0.1, 0.15) is 0 Å². The van der Waals surface area contributed by atoms with Gasteiger partial charge in [-0.1, -0.05) is 42.2 Å². The number of nitriles is 1. The van der Waals surface area contributed by atoms with Crippen LogP contribution in [0.5, 0.6) is 0 Å². The maximum absolute atomic E-state index is 12.6. The Morgan fingerprint density at radius 1 is 1.32 bits per heavy atom. The Kier molecular flexibility index (Phi) is 5.76. The van der Waals surface area contributed by atoms with Gasteiger partial charge < -0.3 is 0 Å². The fourth-order valence-corrected chi connectivity index (χ4v) is 5.92. The summed E-state index contributed by atoms with van der Waals surface area (Å²) in [6, 6.07) is 11.6. The lowest BCUT2D eigenvalue weighted by molar-refractivity contribution is 0.103. The first-order valence-electron chi connectivity index (χ1n) is 8.99. The number of amides is 1. The topological polar surface area (TPSA) is 78.7 Å². The van der Waals surface area contributed by atoms with E-state index in [9.17, 15) is 4.79 Å². The molecule has 142 valence electrons. The summed E-state index contributed by atoms with van der Waals surface area (Å²) in [5, 5.41) is 20.5. The van der Waals surface area contributed by atoms with E-state index in [1.54, 1.807) is 23.1 Å². The van der Waals surface area contributed by atoms with E-state index in [0.29, 0.717) is 16.6 Å². The van der Waals surface area contributed by atoms with Crippen molar-refractivity contribution in [2.24, 2.45) is 5.92 Å². The minimum absolute atomic E-state index is 0.105. The molecule has 1 atom stereocenters. The third kappa shape index (κ3) is 4.43. The van der Waals surface area contributed by atoms with Crippen molar-refractivity contribution in [2.75, 3.05) is 5.32 Å². The molecule has 2 heterocycles. The Morgan fingerprint density at radius 3 is 2.93 bits per heavy atom. The number of fused-ring (bicyclic) bond motifs is 1. The van der Waals surface area contributed by atoms with Crippen molar-refractivity contribution in [3.63, 3.8) is 0 Å². The van der Waals surface area contributed by atoms with Gasteiger partial charge in [0.25, 0.3) is 5.91 Å². The van der Waals surface area contributed by atoms with Crippen LogP contribution in [-0.4, -0.2) is 16.1 Å². The molecular formula is C20H18N4OS3. The summed E-state index contributed by atoms with van der Waals surface area (Å²) in [5.41, 5.74) is 3.09. The minimum Gasteiger partial charge on any atom is -0.296 e. The zero-order valence-corrected chi connectivity index (χ0v) is 17.7. The van der Waals surface area contributed by atoms with Crippen LogP contribution in [0.1, 0.15) is 44.6 Å². The number of hydrogen-bond acceptors (Lipinski definition) is 7. The fourth-order valence-electron chi connectivity index (χ4n) is 3.12. The number of aromatic nitrogens is 2. The lowest BCUT2D eigenvalue weighted by Gasteiger charge is -2.16. The summed E-state index contributed by atoms with van der Waals surface area (Å²) in [4.78, 5) is 14.7. The molecule has 5 nitrogen and oxygen atoms in total. The molecule has 0 saturated heterocycles. The largest absolute Gasteiger partial charge is 0.296 e. The van der Waals surface area contributed by atoms with Gasteiger partial charge in [-0.25, -0.2) is 0 Å². The molecule has 0 spiro atoms. The Labute approximate surface area is 175 Å². The van der Waals surface area contributed by atoms with E-state index in [0.717, 1.165) is 33.4 Å². The van der Waals surface area contributed by atoms with Crippen molar-refractivity contribution in [3.05, 3.63) is 56.8 Å². The summed E-state index contributed by atoms with van der Waals surface area (Å²) in [5.74, 6) is 1.33. The van der Waals surface area contributed by atoms with Gasteiger partial charge in [0.05, 0.1) is 16.5 Å². The molecule has 0 saturated carbocycles. The van der Waals surface area contributed by atoms with Gasteiger partial charge in [-0.2, -0.15) is 5.26 Å². The monoisotopic (exact) mass is 426 g/mol. The van der Waals surface area contributed by atoms with Crippen LogP contribution in [0.15, 0.2) is 34.7 Å². The number of anilines is 1. The molecule has 1 aliphatic carbocycles. The van der Waals surface area contributed by atoms with Crippen molar-refractivity contribution >= 4 is 45.5 Å². The standard InChI is InChI=1S/C20H18N4OS3/c1-12-2-7-16-15(8-12)9-17(27-16)18(25)22-19-23-24-20(28-19)26-11-14-5-3-13(10-21)4-6-14/h3-6,9,12H,2,7-8,11H2,1H3,(H,22,23,25). The van der Waals surface area contributed by atoms with E-state index < -0.39 is 0 Å². The first-order chi connectivity index (χ1) is 13.6. The molecule has 1 amide bonds. The number of hydrogen-bond donors (Lipinski definition) is 1. The third-order valence-corrected chi connectivity index (χ3v) is 7.90. The molecule has 0 bridgehead atoms. The van der Waals surface area contributed by atoms with Crippen molar-refractivity contribution < 1.29 is 4.79 Å². The SMILES string of the molecule is CC1CCc2sc(C(=O)Nc3nnc(SCc4ccc(C#N)cc4)s3)cc2C1. The molecule has 28 heavy (non-hydrogen) atoms. The molecule has 0 radical (unpaired) electrons. The number of carbonyl (C=O) groups excluding carboxylic acids is 1. The molecule has 3 aromatic rings. The number of rotatable bonds is 5. The molecule has 0 fully saturated rings. The molecule has 4 rings (SSSR count). The number of nitrogens with one attached hydrogen (secondary N) is 1. The normalized spacial score (nSPS) is 15.6. The van der Waals surface area contributed by atoms with Crippen LogP contribution in [0, 0.1) is 17.2 Å². The Bertz CT molecular complexity index is 1030. The molecule has 1 unspecified atom stereocenters. The van der Waals surface area contributed by atoms with Crippen LogP contribution in [0.2, 0.25) is 0 Å². The van der Waals surface area contributed by atoms with Gasteiger partial charge in [-0.3, -0.25) is 10.1 Å². The Balaban J connectivity index is 1.35. The molecule has 2 aromatic heterocycles. The van der Waals surface area contributed by atoms with E-state index in [2.05, 4.69) is 28.5 Å². The summed E-state index contributed by atoms with van der Waals surface area (Å²) >= 11 is 4.54. The zero-order valence-electron chi connectivity index (χ0n) is 15.3. The highest BCUT2D eigenvalue weighted by Crippen LogP contribution is 2.33. The van der Waals surface area contributed by atoms with Crippen LogP contribution >= 0.6 is 34.4 Å². The molecule has 0 aliphatic heterocycles. The molecular weight excluding hydrogens is 408 g/mol. The smallest absolute Gasteiger partial charge is 0.267 e. The van der Waals surface area contributed by atoms with Crippen molar-refractivity contribution in [1.29, 1.82) is 5.26 Å². The highest BCUT2D eigenvalue weighted by molar-refractivity contribution is 8.00. The van der Waals surface area contributed by atoms with Gasteiger partial charge in [0.2, 0.25) is 5.13 Å². The van der Waals surface area contributed by atoms with Crippen molar-refractivity contribution in [3.8, 4) is 6.07 Å². The quantitative estimate of drug-likeness (QED) is 0.451. The zero-order chi connectivity index (χ0) is 19.5. The first-order valence-corrected chi connectivity index (χ1v) is 11.6. The Morgan fingerprint density at radius 2 is 2.14 bits per heavy atom. The fraction of sp³-hybridized carbons (Fsp3) is 0.300. The average Bonchev–Trinajstić information content (AvgIpc) is 3.33. The van der Waals surface area contributed by atoms with Crippen LogP contribution < -0.4 is 5.32 Å². The number of nitrogens with zero attached hydrogens (tertiary/aromatic N) is 3. The lowest BCUT2D eigenvalue weighted by Crippen LogP contribution is -2.10. The van der Waals surface area contributed by atoms with Gasteiger partial charge in [-0.15, -0.1) is 21.5 Å². The molecule has 1 aliphatic rings. The maximum Gasteiger partial charge on any atom is 0.267 e. The van der Waals surface area contributed by atoms with Crippen LogP contribution in [0.25, 0.3) is 0 Å². The summed E-state index contributed by atoms with van der Waals surface area (Å²) in [6.45, 7) is 2.26. The second-order valence-electron chi connectivity index (χ2n) is 6.83. The number of benzene rings is 1. The summed E-state index contributed by atoms with van der Waals surface area (Å²) in [6.07, 6.45) is 3.34. The lowest BCUT2D eigenvalue weighted by atomic mass is 9.90. The second-order valence-corrected chi connectivity index (χ2v) is 10.2. The Hall–Kier alpha value is -2.21. The maximum atomic E-state index is 12.6. The number of aryl methyl sites for hydroxylation is 1. The van der Waals surface area contributed by atoms with Gasteiger partial charge in [0.15, 0.2) is 4.34 Å². The molecule has 1 N–H and O–H groups in total. The van der Waals surface area contributed by atoms with Crippen molar-refractivity contribution in [1.82, 2.24) is 10.2 Å². The average molecular weight is 427 g/mol. The predicted octanol–water partition coefficient (Wildman–Crippen LogP) is 5.14. The van der Waals surface area contributed by atoms with E-state index in [-0.39, 0.29) is 5.91 Å². The van der Waals surface area contributed by atoms with E-state index in [4.69, 9.17) is 5.26 Å². The first kappa shape index (κ1) is 19.1. The van der Waals surface area contributed by atoms with Crippen molar-refractivity contribution in [2.45, 2.75) is 36.3 Å². The summed E-state index contributed by atoms with van der Waals surface area (Å²) < 4.78 is 0.805. The minimum atomic E-state index is -0.105. The van der Waals surface area contributed by atoms with Crippen LogP contribution in [0.3, 0.4) is 0 Å². The summed E-state index contributed by atoms with van der Waals surface area (Å²) in [7, 11) is 0. The number of carbonyl (C=O) groups is 1. The predicted molar refractivity (Wildman–Crippen MR) is 114 cm³/mol. The highest BCUT2D eigenvalue weighted by atomic mass is 32.2. The van der Waals surface area contributed by atoms with E-state index in [1.807, 2.05) is 30.3 Å². The third-order valence-electron chi connectivity index (χ3n) is 4.63. The molecule has 8 heteroatoms. The molecule has 1 aromatic carbocycles. The second kappa shape index (κ2) is 8.43. The van der Waals surface area contributed by atoms with Gasteiger partial charge in [0, 0.05) is 10.6 Å². The van der Waals surface area contributed by atoms with Gasteiger partial charge >= 0.3 is 0 Å². The highest BCUT2D eigenvalue weighted by Gasteiger charge is 2.21. The number of thiophene rings is 1. The van der Waals surface area contributed by atoms with E-state index >= 15 is 0 Å². The van der Waals surface area contributed by atoms with Crippen LogP contribution in [0.4, 0.5) is 5.13 Å². The van der Waals surface area contributed by atoms with E-state index in [1.165, 1.54) is 28.2 Å². The number of thioether (sulfide) groups is 1. The van der Waals surface area contributed by atoms with Gasteiger partial charge in [-0.05, 0) is 54.5 Å².